The Bertz CT molecular complexity index is 1510. The molecular weight excluding hydrogens is 483 g/mol. The molecule has 0 bridgehead atoms. The van der Waals surface area contributed by atoms with Gasteiger partial charge in [-0.25, -0.2) is 4.98 Å². The number of halogens is 2. The van der Waals surface area contributed by atoms with Gasteiger partial charge in [0.15, 0.2) is 0 Å². The Morgan fingerprint density at radius 2 is 1.71 bits per heavy atom. The van der Waals surface area contributed by atoms with E-state index in [2.05, 4.69) is 35.3 Å². The molecular formula is C28H22Cl2N2OS. The summed E-state index contributed by atoms with van der Waals surface area (Å²) in [7, 11) is 1.82. The van der Waals surface area contributed by atoms with E-state index in [9.17, 15) is 4.79 Å². The van der Waals surface area contributed by atoms with E-state index in [0.717, 1.165) is 56.0 Å². The van der Waals surface area contributed by atoms with Crippen molar-refractivity contribution >= 4 is 45.4 Å². The number of rotatable bonds is 6. The van der Waals surface area contributed by atoms with Gasteiger partial charge >= 0.3 is 0 Å². The summed E-state index contributed by atoms with van der Waals surface area (Å²) in [6.07, 6.45) is 3.39. The van der Waals surface area contributed by atoms with Crippen LogP contribution in [-0.4, -0.2) is 9.55 Å². The second-order valence-electron chi connectivity index (χ2n) is 8.33. The molecule has 3 nitrogen and oxygen atoms in total. The standard InChI is InChI=1S/C28H22Cl2N2OS/c1-32-25-12-9-21(27(28-31-13-14-34-28)19-7-10-22(29)11-8-19)16-24(25)20(17-26(32)33)6-5-18-3-2-4-23(30)15-18/h2-4,7-17,27H,5-6H2,1H3. The van der Waals surface area contributed by atoms with Gasteiger partial charge in [-0.3, -0.25) is 4.79 Å². The van der Waals surface area contributed by atoms with Gasteiger partial charge in [0.05, 0.1) is 11.4 Å². The molecule has 0 N–H and O–H groups in total. The molecule has 0 aliphatic heterocycles. The van der Waals surface area contributed by atoms with Crippen LogP contribution in [0.4, 0.5) is 0 Å². The summed E-state index contributed by atoms with van der Waals surface area (Å²) in [5, 5.41) is 5.53. The molecule has 5 rings (SSSR count). The molecule has 0 amide bonds. The van der Waals surface area contributed by atoms with E-state index in [4.69, 9.17) is 23.2 Å². The number of fused-ring (bicyclic) bond motifs is 1. The molecule has 6 heteroatoms. The highest BCUT2D eigenvalue weighted by Gasteiger charge is 2.20. The second-order valence-corrected chi connectivity index (χ2v) is 10.1. The van der Waals surface area contributed by atoms with Crippen molar-refractivity contribution in [2.24, 2.45) is 7.05 Å². The molecule has 1 unspecified atom stereocenters. The summed E-state index contributed by atoms with van der Waals surface area (Å²) in [6.45, 7) is 0. The van der Waals surface area contributed by atoms with Crippen LogP contribution in [0, 0.1) is 0 Å². The number of aromatic nitrogens is 2. The average Bonchev–Trinajstić information content (AvgIpc) is 3.36. The van der Waals surface area contributed by atoms with Crippen molar-refractivity contribution in [2.45, 2.75) is 18.8 Å². The molecule has 0 saturated heterocycles. The largest absolute Gasteiger partial charge is 0.311 e. The topological polar surface area (TPSA) is 34.9 Å². The summed E-state index contributed by atoms with van der Waals surface area (Å²) in [5.74, 6) is -0.0142. The minimum absolute atomic E-state index is 0.00415. The maximum absolute atomic E-state index is 12.7. The molecule has 3 aromatic carbocycles. The van der Waals surface area contributed by atoms with Gasteiger partial charge in [0, 0.05) is 40.1 Å². The quantitative estimate of drug-likeness (QED) is 0.243. The number of hydrogen-bond donors (Lipinski definition) is 0. The first kappa shape index (κ1) is 22.9. The number of thiazole rings is 1. The average molecular weight is 505 g/mol. The van der Waals surface area contributed by atoms with E-state index in [1.54, 1.807) is 22.0 Å². The number of benzene rings is 3. The SMILES string of the molecule is Cn1c(=O)cc(CCc2cccc(Cl)c2)c2cc(C(c3ccc(Cl)cc3)c3nccs3)ccc21. The Morgan fingerprint density at radius 3 is 2.44 bits per heavy atom. The molecule has 0 spiro atoms. The fourth-order valence-electron chi connectivity index (χ4n) is 4.41. The van der Waals surface area contributed by atoms with Crippen molar-refractivity contribution in [3.05, 3.63) is 132 Å². The lowest BCUT2D eigenvalue weighted by Crippen LogP contribution is -2.18. The first-order valence-corrected chi connectivity index (χ1v) is 12.6. The highest BCUT2D eigenvalue weighted by atomic mass is 35.5. The zero-order chi connectivity index (χ0) is 23.7. The molecule has 0 aliphatic carbocycles. The van der Waals surface area contributed by atoms with Gasteiger partial charge in [-0.1, -0.05) is 53.5 Å². The normalized spacial score (nSPS) is 12.2. The Balaban J connectivity index is 1.62. The number of aryl methyl sites for hydroxylation is 3. The summed E-state index contributed by atoms with van der Waals surface area (Å²) in [5.41, 5.74) is 5.37. The number of pyridine rings is 1. The molecule has 0 fully saturated rings. The van der Waals surface area contributed by atoms with Crippen molar-refractivity contribution in [3.63, 3.8) is 0 Å². The third-order valence-corrected chi connectivity index (χ3v) is 7.49. The van der Waals surface area contributed by atoms with Crippen LogP contribution < -0.4 is 5.56 Å². The van der Waals surface area contributed by atoms with Crippen molar-refractivity contribution in [2.75, 3.05) is 0 Å². The first-order chi connectivity index (χ1) is 16.5. The fourth-order valence-corrected chi connectivity index (χ4v) is 5.54. The van der Waals surface area contributed by atoms with Gasteiger partial charge < -0.3 is 4.57 Å². The van der Waals surface area contributed by atoms with Crippen molar-refractivity contribution in [3.8, 4) is 0 Å². The maximum atomic E-state index is 12.7. The molecule has 5 aromatic rings. The monoisotopic (exact) mass is 504 g/mol. The van der Waals surface area contributed by atoms with Crippen LogP contribution in [0.5, 0.6) is 0 Å². The van der Waals surface area contributed by atoms with Crippen LogP contribution in [-0.2, 0) is 19.9 Å². The minimum Gasteiger partial charge on any atom is -0.311 e. The molecule has 0 saturated carbocycles. The van der Waals surface area contributed by atoms with E-state index in [-0.39, 0.29) is 11.5 Å². The summed E-state index contributed by atoms with van der Waals surface area (Å²) in [4.78, 5) is 17.3. The highest BCUT2D eigenvalue weighted by molar-refractivity contribution is 7.09. The van der Waals surface area contributed by atoms with Gasteiger partial charge in [-0.2, -0.15) is 0 Å². The lowest BCUT2D eigenvalue weighted by molar-refractivity contribution is 0.884. The van der Waals surface area contributed by atoms with Gasteiger partial charge in [-0.05, 0) is 71.5 Å². The predicted molar refractivity (Wildman–Crippen MR) is 143 cm³/mol. The van der Waals surface area contributed by atoms with Crippen LogP contribution in [0.1, 0.15) is 33.2 Å². The lowest BCUT2D eigenvalue weighted by atomic mass is 9.89. The van der Waals surface area contributed by atoms with Crippen LogP contribution in [0.15, 0.2) is 89.2 Å². The molecule has 2 heterocycles. The van der Waals surface area contributed by atoms with E-state index in [1.807, 2.05) is 55.0 Å². The Labute approximate surface area is 212 Å². The summed E-state index contributed by atoms with van der Waals surface area (Å²) >= 11 is 14.0. The zero-order valence-electron chi connectivity index (χ0n) is 18.5. The molecule has 0 radical (unpaired) electrons. The smallest absolute Gasteiger partial charge is 0.251 e. The van der Waals surface area contributed by atoms with Gasteiger partial charge in [0.25, 0.3) is 5.56 Å². The van der Waals surface area contributed by atoms with Crippen LogP contribution >= 0.6 is 34.5 Å². The number of nitrogens with zero attached hydrogens (tertiary/aromatic N) is 2. The predicted octanol–water partition coefficient (Wildman–Crippen LogP) is 7.27. The van der Waals surface area contributed by atoms with E-state index < -0.39 is 0 Å². The van der Waals surface area contributed by atoms with Gasteiger partial charge in [0.1, 0.15) is 5.01 Å². The van der Waals surface area contributed by atoms with Crippen LogP contribution in [0.3, 0.4) is 0 Å². The van der Waals surface area contributed by atoms with Crippen molar-refractivity contribution < 1.29 is 0 Å². The van der Waals surface area contributed by atoms with Crippen LogP contribution in [0.2, 0.25) is 10.0 Å². The van der Waals surface area contributed by atoms with Crippen LogP contribution in [0.25, 0.3) is 10.9 Å². The summed E-state index contributed by atoms with van der Waals surface area (Å²) in [6, 6.07) is 23.9. The van der Waals surface area contributed by atoms with E-state index in [0.29, 0.717) is 5.02 Å². The molecule has 0 aliphatic rings. The first-order valence-electron chi connectivity index (χ1n) is 11.0. The third kappa shape index (κ3) is 4.67. The van der Waals surface area contributed by atoms with Crippen molar-refractivity contribution in [1.29, 1.82) is 0 Å². The summed E-state index contributed by atoms with van der Waals surface area (Å²) < 4.78 is 1.71. The number of hydrogen-bond acceptors (Lipinski definition) is 3. The second kappa shape index (κ2) is 9.75. The Hall–Kier alpha value is -2.92. The minimum atomic E-state index is -0.0142. The zero-order valence-corrected chi connectivity index (χ0v) is 20.9. The van der Waals surface area contributed by atoms with E-state index in [1.165, 1.54) is 0 Å². The molecule has 170 valence electrons. The fraction of sp³-hybridized carbons (Fsp3) is 0.143. The van der Waals surface area contributed by atoms with Gasteiger partial charge in [0.2, 0.25) is 0 Å². The Kier molecular flexibility index (Phi) is 6.55. The molecule has 1 atom stereocenters. The third-order valence-electron chi connectivity index (χ3n) is 6.16. The molecule has 34 heavy (non-hydrogen) atoms. The Morgan fingerprint density at radius 1 is 0.912 bits per heavy atom. The highest BCUT2D eigenvalue weighted by Crippen LogP contribution is 2.35. The maximum Gasteiger partial charge on any atom is 0.251 e. The van der Waals surface area contributed by atoms with Gasteiger partial charge in [-0.15, -0.1) is 11.3 Å². The van der Waals surface area contributed by atoms with E-state index >= 15 is 0 Å². The molecule has 2 aromatic heterocycles. The lowest BCUT2D eigenvalue weighted by Gasteiger charge is -2.18. The van der Waals surface area contributed by atoms with Crippen molar-refractivity contribution in [1.82, 2.24) is 9.55 Å².